The van der Waals surface area contributed by atoms with Gasteiger partial charge in [-0.25, -0.2) is 0 Å². The number of hydrogen-bond acceptors (Lipinski definition) is 3. The maximum atomic E-state index is 9.45. The molecule has 0 aromatic rings. The van der Waals surface area contributed by atoms with Crippen molar-refractivity contribution in [3.05, 3.63) is 4.91 Å². The van der Waals surface area contributed by atoms with Crippen molar-refractivity contribution < 1.29 is 4.84 Å². The highest BCUT2D eigenvalue weighted by atomic mass is 35.5. The summed E-state index contributed by atoms with van der Waals surface area (Å²) in [6, 6.07) is 0. The third-order valence-corrected chi connectivity index (χ3v) is 1.59. The minimum absolute atomic E-state index is 0.157. The van der Waals surface area contributed by atoms with Crippen LogP contribution in [-0.4, -0.2) is 12.5 Å². The lowest BCUT2D eigenvalue weighted by molar-refractivity contribution is 0.0753. The molecule has 0 aliphatic carbocycles. The predicted molar refractivity (Wildman–Crippen MR) is 36.2 cm³/mol. The Morgan fingerprint density at radius 1 is 1.67 bits per heavy atom. The molecule has 0 unspecified atom stereocenters. The van der Waals surface area contributed by atoms with Gasteiger partial charge in [0.25, 0.3) is 0 Å². The summed E-state index contributed by atoms with van der Waals surface area (Å²) in [7, 11) is 0. The van der Waals surface area contributed by atoms with E-state index in [4.69, 9.17) is 11.6 Å². The first-order valence-electron chi connectivity index (χ1n) is 2.63. The summed E-state index contributed by atoms with van der Waals surface area (Å²) in [4.78, 5) is 13.7. The second-order valence-corrected chi connectivity index (χ2v) is 2.91. The van der Waals surface area contributed by atoms with E-state index in [2.05, 4.69) is 10.2 Å². The minimum Gasteiger partial charge on any atom is -0.363 e. The summed E-state index contributed by atoms with van der Waals surface area (Å²) >= 11 is 5.51. The lowest BCUT2D eigenvalue weighted by atomic mass is 9.98. The van der Waals surface area contributed by atoms with Crippen LogP contribution >= 0.6 is 11.6 Å². The van der Waals surface area contributed by atoms with E-state index >= 15 is 0 Å². The van der Waals surface area contributed by atoms with Crippen molar-refractivity contribution in [3.8, 4) is 0 Å². The van der Waals surface area contributed by atoms with Crippen molar-refractivity contribution in [1.82, 2.24) is 0 Å². The van der Waals surface area contributed by atoms with Gasteiger partial charge in [0.1, 0.15) is 6.61 Å². The molecular formula is C5H10ClNO2. The molecule has 0 radical (unpaired) electrons. The molecule has 0 aliphatic rings. The van der Waals surface area contributed by atoms with Crippen LogP contribution in [0.1, 0.15) is 13.8 Å². The van der Waals surface area contributed by atoms with Gasteiger partial charge in [-0.3, -0.25) is 0 Å². The average Bonchev–Trinajstić information content (AvgIpc) is 1.84. The largest absolute Gasteiger partial charge is 0.363 e. The SMILES string of the molecule is CC(C)(CCl)CON=O. The lowest BCUT2D eigenvalue weighted by Gasteiger charge is -2.17. The molecule has 0 aliphatic heterocycles. The molecule has 0 amide bonds. The molecule has 0 bridgehead atoms. The fourth-order valence-corrected chi connectivity index (χ4v) is 0.317. The van der Waals surface area contributed by atoms with Crippen LogP contribution in [0.3, 0.4) is 0 Å². The van der Waals surface area contributed by atoms with E-state index in [0.717, 1.165) is 0 Å². The lowest BCUT2D eigenvalue weighted by Crippen LogP contribution is -2.19. The van der Waals surface area contributed by atoms with E-state index in [-0.39, 0.29) is 12.0 Å². The van der Waals surface area contributed by atoms with Crippen LogP contribution in [0.25, 0.3) is 0 Å². The summed E-state index contributed by atoms with van der Waals surface area (Å²) in [5.74, 6) is 0.461. The van der Waals surface area contributed by atoms with Crippen molar-refractivity contribution >= 4 is 11.6 Å². The third-order valence-electron chi connectivity index (χ3n) is 0.870. The van der Waals surface area contributed by atoms with E-state index < -0.39 is 0 Å². The normalized spacial score (nSPS) is 11.0. The summed E-state index contributed by atoms with van der Waals surface area (Å²) in [6.45, 7) is 4.07. The van der Waals surface area contributed by atoms with Gasteiger partial charge in [0, 0.05) is 11.3 Å². The Kier molecular flexibility index (Phi) is 3.54. The zero-order valence-corrected chi connectivity index (χ0v) is 6.31. The van der Waals surface area contributed by atoms with E-state index in [1.807, 2.05) is 13.8 Å². The van der Waals surface area contributed by atoms with Crippen molar-refractivity contribution in [2.24, 2.45) is 10.8 Å². The highest BCUT2D eigenvalue weighted by Gasteiger charge is 2.17. The number of hydrogen-bond donors (Lipinski definition) is 0. The van der Waals surface area contributed by atoms with Crippen LogP contribution in [0.5, 0.6) is 0 Å². The maximum Gasteiger partial charge on any atom is 0.155 e. The Bertz CT molecular complexity index is 95.0. The molecule has 0 N–H and O–H groups in total. The van der Waals surface area contributed by atoms with Gasteiger partial charge in [0.2, 0.25) is 0 Å². The fraction of sp³-hybridized carbons (Fsp3) is 1.00. The Morgan fingerprint density at radius 3 is 2.56 bits per heavy atom. The molecule has 0 rings (SSSR count). The van der Waals surface area contributed by atoms with E-state index in [1.165, 1.54) is 0 Å². The number of nitrogens with zero attached hydrogens (tertiary/aromatic N) is 1. The number of halogens is 1. The zero-order chi connectivity index (χ0) is 7.33. The second-order valence-electron chi connectivity index (χ2n) is 2.65. The quantitative estimate of drug-likeness (QED) is 0.350. The molecule has 0 atom stereocenters. The minimum atomic E-state index is -0.157. The van der Waals surface area contributed by atoms with Crippen LogP contribution in [-0.2, 0) is 4.84 Å². The zero-order valence-electron chi connectivity index (χ0n) is 5.56. The first-order valence-corrected chi connectivity index (χ1v) is 3.16. The van der Waals surface area contributed by atoms with Gasteiger partial charge in [-0.2, -0.15) is 0 Å². The highest BCUT2D eigenvalue weighted by Crippen LogP contribution is 2.16. The second kappa shape index (κ2) is 3.67. The van der Waals surface area contributed by atoms with Crippen LogP contribution in [0.15, 0.2) is 5.34 Å². The van der Waals surface area contributed by atoms with Crippen LogP contribution < -0.4 is 0 Å². The monoisotopic (exact) mass is 151 g/mol. The summed E-state index contributed by atoms with van der Waals surface area (Å²) in [5.41, 5.74) is -0.157. The third kappa shape index (κ3) is 4.21. The Hall–Kier alpha value is -0.310. The first kappa shape index (κ1) is 8.69. The molecule has 9 heavy (non-hydrogen) atoms. The van der Waals surface area contributed by atoms with Crippen LogP contribution in [0.2, 0.25) is 0 Å². The van der Waals surface area contributed by atoms with E-state index in [9.17, 15) is 4.91 Å². The maximum absolute atomic E-state index is 9.45. The number of alkyl halides is 1. The Morgan fingerprint density at radius 2 is 2.22 bits per heavy atom. The van der Waals surface area contributed by atoms with Gasteiger partial charge in [-0.15, -0.1) is 16.5 Å². The average molecular weight is 152 g/mol. The van der Waals surface area contributed by atoms with Gasteiger partial charge in [-0.05, 0) is 0 Å². The molecule has 0 saturated heterocycles. The summed E-state index contributed by atoms with van der Waals surface area (Å²) in [6.07, 6.45) is 0. The van der Waals surface area contributed by atoms with Crippen molar-refractivity contribution in [2.45, 2.75) is 13.8 Å². The summed E-state index contributed by atoms with van der Waals surface area (Å²) < 4.78 is 0. The topological polar surface area (TPSA) is 38.7 Å². The molecule has 0 aromatic heterocycles. The molecule has 4 heteroatoms. The van der Waals surface area contributed by atoms with E-state index in [0.29, 0.717) is 5.88 Å². The van der Waals surface area contributed by atoms with E-state index in [1.54, 1.807) is 0 Å². The van der Waals surface area contributed by atoms with Gasteiger partial charge in [-0.1, -0.05) is 13.8 Å². The Labute approximate surface area is 59.3 Å². The van der Waals surface area contributed by atoms with Crippen molar-refractivity contribution in [3.63, 3.8) is 0 Å². The van der Waals surface area contributed by atoms with Gasteiger partial charge in [0.15, 0.2) is 5.34 Å². The molecule has 0 saturated carbocycles. The molecule has 0 aromatic carbocycles. The van der Waals surface area contributed by atoms with Crippen molar-refractivity contribution in [2.75, 3.05) is 12.5 Å². The first-order chi connectivity index (χ1) is 4.12. The molecule has 54 valence electrons. The fourth-order valence-electron chi connectivity index (χ4n) is 0.240. The van der Waals surface area contributed by atoms with Crippen LogP contribution in [0.4, 0.5) is 0 Å². The van der Waals surface area contributed by atoms with Crippen LogP contribution in [0, 0.1) is 10.3 Å². The van der Waals surface area contributed by atoms with Gasteiger partial charge in [0.05, 0.1) is 0 Å². The smallest absolute Gasteiger partial charge is 0.155 e. The van der Waals surface area contributed by atoms with Gasteiger partial charge < -0.3 is 4.84 Å². The predicted octanol–water partition coefficient (Wildman–Crippen LogP) is 1.95. The standard InChI is InChI=1S/C5H10ClNO2/c1-5(2,3-6)4-9-7-8/h3-4H2,1-2H3. The molecule has 3 nitrogen and oxygen atoms in total. The Balaban J connectivity index is 3.44. The van der Waals surface area contributed by atoms with Crippen molar-refractivity contribution in [1.29, 1.82) is 0 Å². The highest BCUT2D eigenvalue weighted by molar-refractivity contribution is 6.18. The molecule has 0 fully saturated rings. The molecule has 0 spiro atoms. The molecule has 0 heterocycles. The summed E-state index contributed by atoms with van der Waals surface area (Å²) in [5, 5.41) is 2.26. The molecular weight excluding hydrogens is 142 g/mol. The van der Waals surface area contributed by atoms with Gasteiger partial charge >= 0.3 is 0 Å². The number of rotatable bonds is 4.